The van der Waals surface area contributed by atoms with Gasteiger partial charge in [0.15, 0.2) is 0 Å². The van der Waals surface area contributed by atoms with Crippen molar-refractivity contribution in [3.63, 3.8) is 0 Å². The summed E-state index contributed by atoms with van der Waals surface area (Å²) in [6.45, 7) is 2.86. The Morgan fingerprint density at radius 2 is 1.75 bits per heavy atom. The molecule has 0 saturated carbocycles. The van der Waals surface area contributed by atoms with Gasteiger partial charge in [-0.2, -0.15) is 0 Å². The van der Waals surface area contributed by atoms with E-state index in [2.05, 4.69) is 16.0 Å². The zero-order valence-corrected chi connectivity index (χ0v) is 11.3. The molecule has 0 heterocycles. The van der Waals surface area contributed by atoms with Crippen molar-refractivity contribution in [2.24, 2.45) is 0 Å². The molecule has 1 atom stereocenters. The topological polar surface area (TPSA) is 108 Å². The molecule has 7 heteroatoms. The third-order valence-corrected chi connectivity index (χ3v) is 2.21. The summed E-state index contributed by atoms with van der Waals surface area (Å²) >= 11 is 0. The maximum absolute atomic E-state index is 11.6. The summed E-state index contributed by atoms with van der Waals surface area (Å²) in [5, 5.41) is 16.2. The van der Waals surface area contributed by atoms with Crippen LogP contribution in [0.25, 0.3) is 0 Å². The van der Waals surface area contributed by atoms with Crippen LogP contribution in [0.4, 0.5) is 11.4 Å². The number of rotatable bonds is 4. The van der Waals surface area contributed by atoms with Crippen LogP contribution in [-0.4, -0.2) is 35.5 Å². The van der Waals surface area contributed by atoms with Gasteiger partial charge in [0.25, 0.3) is 0 Å². The van der Waals surface area contributed by atoms with E-state index >= 15 is 0 Å². The Morgan fingerprint density at radius 1 is 1.15 bits per heavy atom. The van der Waals surface area contributed by atoms with E-state index in [0.717, 1.165) is 0 Å². The Hall–Kier alpha value is -2.41. The molecule has 3 amide bonds. The molecule has 0 aliphatic heterocycles. The number of amides is 3. The van der Waals surface area contributed by atoms with Gasteiger partial charge in [-0.05, 0) is 25.1 Å². The zero-order valence-electron chi connectivity index (χ0n) is 11.3. The maximum Gasteiger partial charge on any atom is 0.313 e. The van der Waals surface area contributed by atoms with Gasteiger partial charge in [0.1, 0.15) is 0 Å². The molecule has 1 rings (SSSR count). The highest BCUT2D eigenvalue weighted by atomic mass is 16.3. The van der Waals surface area contributed by atoms with E-state index in [9.17, 15) is 14.4 Å². The SMILES string of the molecule is CC(=O)Nc1cccc(NC(=O)C(=O)NCC(C)O)c1. The molecule has 4 N–H and O–H groups in total. The summed E-state index contributed by atoms with van der Waals surface area (Å²) < 4.78 is 0. The molecule has 108 valence electrons. The van der Waals surface area contributed by atoms with Crippen molar-refractivity contribution in [3.05, 3.63) is 24.3 Å². The minimum Gasteiger partial charge on any atom is -0.392 e. The lowest BCUT2D eigenvalue weighted by molar-refractivity contribution is -0.136. The summed E-state index contributed by atoms with van der Waals surface area (Å²) in [7, 11) is 0. The largest absolute Gasteiger partial charge is 0.392 e. The van der Waals surface area contributed by atoms with Gasteiger partial charge in [-0.1, -0.05) is 6.07 Å². The number of anilines is 2. The minimum absolute atomic E-state index is 0.00180. The van der Waals surface area contributed by atoms with Crippen molar-refractivity contribution in [2.45, 2.75) is 20.0 Å². The van der Waals surface area contributed by atoms with Crippen LogP contribution in [0.2, 0.25) is 0 Å². The van der Waals surface area contributed by atoms with Gasteiger partial charge in [0.2, 0.25) is 5.91 Å². The fourth-order valence-corrected chi connectivity index (χ4v) is 1.39. The van der Waals surface area contributed by atoms with Gasteiger partial charge < -0.3 is 21.1 Å². The van der Waals surface area contributed by atoms with Crippen LogP contribution >= 0.6 is 0 Å². The number of carbonyl (C=O) groups excluding carboxylic acids is 3. The van der Waals surface area contributed by atoms with E-state index < -0.39 is 17.9 Å². The Morgan fingerprint density at radius 3 is 2.30 bits per heavy atom. The molecule has 7 nitrogen and oxygen atoms in total. The fraction of sp³-hybridized carbons (Fsp3) is 0.308. The number of benzene rings is 1. The third-order valence-electron chi connectivity index (χ3n) is 2.21. The van der Waals surface area contributed by atoms with E-state index in [0.29, 0.717) is 11.4 Å². The predicted octanol–water partition coefficient (Wildman–Crippen LogP) is 0.0805. The Labute approximate surface area is 116 Å². The fourth-order valence-electron chi connectivity index (χ4n) is 1.39. The molecular formula is C13H17N3O4. The number of nitrogens with one attached hydrogen (secondary N) is 3. The van der Waals surface area contributed by atoms with E-state index in [-0.39, 0.29) is 12.5 Å². The number of hydrogen-bond donors (Lipinski definition) is 4. The standard InChI is InChI=1S/C13H17N3O4/c1-8(17)7-14-12(19)13(20)16-11-5-3-4-10(6-11)15-9(2)18/h3-6,8,17H,7H2,1-2H3,(H,14,19)(H,15,18)(H,16,20). The van der Waals surface area contributed by atoms with Gasteiger partial charge in [-0.3, -0.25) is 14.4 Å². The summed E-state index contributed by atoms with van der Waals surface area (Å²) in [4.78, 5) is 33.9. The summed E-state index contributed by atoms with van der Waals surface area (Å²) in [6.07, 6.45) is -0.727. The lowest BCUT2D eigenvalue weighted by atomic mass is 10.2. The second-order valence-corrected chi connectivity index (χ2v) is 4.28. The Bertz CT molecular complexity index is 514. The number of carbonyl (C=O) groups is 3. The van der Waals surface area contributed by atoms with E-state index in [4.69, 9.17) is 5.11 Å². The molecule has 0 aromatic heterocycles. The van der Waals surface area contributed by atoms with Crippen LogP contribution in [-0.2, 0) is 14.4 Å². The molecule has 1 aromatic rings. The molecule has 1 unspecified atom stereocenters. The van der Waals surface area contributed by atoms with Gasteiger partial charge in [-0.25, -0.2) is 0 Å². The van der Waals surface area contributed by atoms with Crippen molar-refractivity contribution in [1.29, 1.82) is 0 Å². The first-order chi connectivity index (χ1) is 9.38. The summed E-state index contributed by atoms with van der Waals surface area (Å²) in [5.41, 5.74) is 0.896. The van der Waals surface area contributed by atoms with Gasteiger partial charge in [0, 0.05) is 24.8 Å². The van der Waals surface area contributed by atoms with Crippen LogP contribution in [0.15, 0.2) is 24.3 Å². The zero-order chi connectivity index (χ0) is 15.1. The van der Waals surface area contributed by atoms with Crippen molar-refractivity contribution < 1.29 is 19.5 Å². The molecule has 0 aliphatic carbocycles. The third kappa shape index (κ3) is 5.49. The van der Waals surface area contributed by atoms with Gasteiger partial charge in [-0.15, -0.1) is 0 Å². The highest BCUT2D eigenvalue weighted by Crippen LogP contribution is 2.14. The van der Waals surface area contributed by atoms with Gasteiger partial charge >= 0.3 is 11.8 Å². The monoisotopic (exact) mass is 279 g/mol. The van der Waals surface area contributed by atoms with Crippen molar-refractivity contribution in [2.75, 3.05) is 17.2 Å². The van der Waals surface area contributed by atoms with Crippen molar-refractivity contribution >= 4 is 29.1 Å². The first kappa shape index (κ1) is 15.6. The van der Waals surface area contributed by atoms with Crippen molar-refractivity contribution in [1.82, 2.24) is 5.32 Å². The molecule has 0 radical (unpaired) electrons. The van der Waals surface area contributed by atoms with Crippen LogP contribution in [0.3, 0.4) is 0 Å². The summed E-state index contributed by atoms with van der Waals surface area (Å²) in [5.74, 6) is -1.91. The molecule has 20 heavy (non-hydrogen) atoms. The lowest BCUT2D eigenvalue weighted by Gasteiger charge is -2.09. The van der Waals surface area contributed by atoms with Crippen LogP contribution < -0.4 is 16.0 Å². The van der Waals surface area contributed by atoms with E-state index in [1.165, 1.54) is 19.9 Å². The average molecular weight is 279 g/mol. The number of aliphatic hydroxyl groups excluding tert-OH is 1. The molecule has 0 spiro atoms. The Kier molecular flexibility index (Phi) is 5.67. The molecule has 0 bridgehead atoms. The first-order valence-corrected chi connectivity index (χ1v) is 6.03. The van der Waals surface area contributed by atoms with Crippen LogP contribution in [0.1, 0.15) is 13.8 Å². The quantitative estimate of drug-likeness (QED) is 0.585. The second-order valence-electron chi connectivity index (χ2n) is 4.28. The molecule has 0 saturated heterocycles. The highest BCUT2D eigenvalue weighted by Gasteiger charge is 2.14. The van der Waals surface area contributed by atoms with Crippen LogP contribution in [0, 0.1) is 0 Å². The van der Waals surface area contributed by atoms with E-state index in [1.807, 2.05) is 0 Å². The summed E-state index contributed by atoms with van der Waals surface area (Å²) in [6, 6.07) is 6.41. The molecular weight excluding hydrogens is 262 g/mol. The molecule has 1 aromatic carbocycles. The Balaban J connectivity index is 2.61. The molecule has 0 fully saturated rings. The van der Waals surface area contributed by atoms with Crippen LogP contribution in [0.5, 0.6) is 0 Å². The average Bonchev–Trinajstić information content (AvgIpc) is 2.35. The maximum atomic E-state index is 11.6. The van der Waals surface area contributed by atoms with Crippen molar-refractivity contribution in [3.8, 4) is 0 Å². The normalized spacial score (nSPS) is 11.3. The second kappa shape index (κ2) is 7.25. The lowest BCUT2D eigenvalue weighted by Crippen LogP contribution is -2.38. The predicted molar refractivity (Wildman–Crippen MR) is 74.1 cm³/mol. The minimum atomic E-state index is -0.842. The first-order valence-electron chi connectivity index (χ1n) is 6.03. The smallest absolute Gasteiger partial charge is 0.313 e. The molecule has 0 aliphatic rings. The number of aliphatic hydroxyl groups is 1. The highest BCUT2D eigenvalue weighted by molar-refractivity contribution is 6.39. The van der Waals surface area contributed by atoms with E-state index in [1.54, 1.807) is 18.2 Å². The van der Waals surface area contributed by atoms with Gasteiger partial charge in [0.05, 0.1) is 6.10 Å². The number of hydrogen-bond acceptors (Lipinski definition) is 4.